The molecule has 0 aliphatic carbocycles. The van der Waals surface area contributed by atoms with Crippen molar-refractivity contribution in [1.29, 1.82) is 0 Å². The third kappa shape index (κ3) is 4.45. The summed E-state index contributed by atoms with van der Waals surface area (Å²) >= 11 is 5.90. The van der Waals surface area contributed by atoms with Gasteiger partial charge in [-0.25, -0.2) is 5.43 Å². The lowest BCUT2D eigenvalue weighted by Crippen LogP contribution is -2.18. The van der Waals surface area contributed by atoms with Crippen LogP contribution in [0.2, 0.25) is 5.02 Å². The van der Waals surface area contributed by atoms with Gasteiger partial charge in [0.25, 0.3) is 11.6 Å². The van der Waals surface area contributed by atoms with Gasteiger partial charge in [0.05, 0.1) is 28.3 Å². The van der Waals surface area contributed by atoms with Gasteiger partial charge in [0.15, 0.2) is 0 Å². The summed E-state index contributed by atoms with van der Waals surface area (Å²) in [5.74, 6) is -1.51. The summed E-state index contributed by atoms with van der Waals surface area (Å²) in [5, 5.41) is 26.8. The SMILES string of the molecule is CCOc1cc(C=NNC(=O)c2ccccc2Cl)cc([N+](=O)[O-])c1[O-]. The fourth-order valence-corrected chi connectivity index (χ4v) is 2.17. The second-order valence-corrected chi connectivity index (χ2v) is 5.14. The van der Waals surface area contributed by atoms with E-state index in [1.165, 1.54) is 18.3 Å². The molecule has 0 spiro atoms. The monoisotopic (exact) mass is 362 g/mol. The third-order valence-corrected chi connectivity index (χ3v) is 3.38. The minimum atomic E-state index is -0.816. The number of nitrogens with zero attached hydrogens (tertiary/aromatic N) is 2. The first-order chi connectivity index (χ1) is 11.9. The minimum absolute atomic E-state index is 0.157. The molecule has 1 amide bonds. The van der Waals surface area contributed by atoms with Gasteiger partial charge in [0.1, 0.15) is 5.75 Å². The van der Waals surface area contributed by atoms with Crippen LogP contribution in [0.3, 0.4) is 0 Å². The van der Waals surface area contributed by atoms with Crippen LogP contribution < -0.4 is 15.3 Å². The number of halogens is 1. The molecule has 0 heterocycles. The molecular weight excluding hydrogens is 350 g/mol. The van der Waals surface area contributed by atoms with Crippen molar-refractivity contribution in [3.05, 3.63) is 62.7 Å². The van der Waals surface area contributed by atoms with E-state index in [-0.39, 0.29) is 28.5 Å². The van der Waals surface area contributed by atoms with Crippen molar-refractivity contribution >= 4 is 29.4 Å². The van der Waals surface area contributed by atoms with Crippen LogP contribution in [0, 0.1) is 10.1 Å². The Balaban J connectivity index is 2.21. The van der Waals surface area contributed by atoms with Crippen LogP contribution in [0.4, 0.5) is 5.69 Å². The van der Waals surface area contributed by atoms with Crippen molar-refractivity contribution in [3.8, 4) is 11.5 Å². The molecule has 1 N–H and O–H groups in total. The Labute approximate surface area is 147 Å². The number of hydrazone groups is 1. The molecule has 0 aliphatic heterocycles. The van der Waals surface area contributed by atoms with Gasteiger partial charge in [-0.2, -0.15) is 5.10 Å². The number of nitro benzene ring substituents is 1. The maximum atomic E-state index is 12.0. The van der Waals surface area contributed by atoms with E-state index < -0.39 is 22.3 Å². The maximum absolute atomic E-state index is 12.0. The van der Waals surface area contributed by atoms with E-state index in [9.17, 15) is 20.0 Å². The summed E-state index contributed by atoms with van der Waals surface area (Å²) in [6, 6.07) is 8.78. The van der Waals surface area contributed by atoms with E-state index in [4.69, 9.17) is 16.3 Å². The topological polar surface area (TPSA) is 117 Å². The van der Waals surface area contributed by atoms with E-state index in [1.807, 2.05) is 0 Å². The predicted octanol–water partition coefficient (Wildman–Crippen LogP) is 2.48. The zero-order valence-electron chi connectivity index (χ0n) is 13.1. The summed E-state index contributed by atoms with van der Waals surface area (Å²) in [7, 11) is 0. The number of nitro groups is 1. The predicted molar refractivity (Wildman–Crippen MR) is 90.2 cm³/mol. The molecule has 9 heteroatoms. The second kappa shape index (κ2) is 8.11. The van der Waals surface area contributed by atoms with Crippen molar-refractivity contribution in [3.63, 3.8) is 0 Å². The van der Waals surface area contributed by atoms with E-state index in [2.05, 4.69) is 10.5 Å². The van der Waals surface area contributed by atoms with Gasteiger partial charge in [-0.15, -0.1) is 0 Å². The Morgan fingerprint density at radius 1 is 1.40 bits per heavy atom. The third-order valence-electron chi connectivity index (χ3n) is 3.05. The van der Waals surface area contributed by atoms with Crippen LogP contribution in [0.5, 0.6) is 11.5 Å². The molecule has 25 heavy (non-hydrogen) atoms. The summed E-state index contributed by atoms with van der Waals surface area (Å²) in [6.45, 7) is 1.83. The largest absolute Gasteiger partial charge is 0.865 e. The molecule has 0 radical (unpaired) electrons. The fraction of sp³-hybridized carbons (Fsp3) is 0.125. The van der Waals surface area contributed by atoms with Crippen molar-refractivity contribution in [2.24, 2.45) is 5.10 Å². The molecule has 0 fully saturated rings. The highest BCUT2D eigenvalue weighted by Gasteiger charge is 2.13. The lowest BCUT2D eigenvalue weighted by Gasteiger charge is -2.14. The number of hydrogen-bond donors (Lipinski definition) is 1. The number of carbonyl (C=O) groups excluding carboxylic acids is 1. The Morgan fingerprint density at radius 3 is 2.76 bits per heavy atom. The molecule has 2 aromatic rings. The Kier molecular flexibility index (Phi) is 5.91. The summed E-state index contributed by atoms with van der Waals surface area (Å²) in [6.07, 6.45) is 1.17. The smallest absolute Gasteiger partial charge is 0.272 e. The standard InChI is InChI=1S/C16H14ClN3O5/c1-2-25-14-8-10(7-13(15(14)21)20(23)24)9-18-19-16(22)11-5-3-4-6-12(11)17/h3-9,21H,2H2,1H3,(H,19,22)/p-1. The van der Waals surface area contributed by atoms with Gasteiger partial charge in [-0.05, 0) is 25.1 Å². The highest BCUT2D eigenvalue weighted by Crippen LogP contribution is 2.34. The van der Waals surface area contributed by atoms with Gasteiger partial charge >= 0.3 is 0 Å². The molecule has 0 aromatic heterocycles. The van der Waals surface area contributed by atoms with Crippen LogP contribution in [0.15, 0.2) is 41.5 Å². The number of ether oxygens (including phenoxy) is 1. The number of hydrogen-bond acceptors (Lipinski definition) is 6. The van der Waals surface area contributed by atoms with Crippen LogP contribution in [0.25, 0.3) is 0 Å². The average Bonchev–Trinajstić information content (AvgIpc) is 2.57. The maximum Gasteiger partial charge on any atom is 0.272 e. The molecule has 0 saturated heterocycles. The average molecular weight is 363 g/mol. The number of rotatable bonds is 6. The van der Waals surface area contributed by atoms with Crippen molar-refractivity contribution in [2.75, 3.05) is 6.61 Å². The Hall–Kier alpha value is -3.13. The van der Waals surface area contributed by atoms with Crippen molar-refractivity contribution < 1.29 is 19.6 Å². The first-order valence-corrected chi connectivity index (χ1v) is 7.52. The normalized spacial score (nSPS) is 10.6. The van der Waals surface area contributed by atoms with Crippen LogP contribution in [0.1, 0.15) is 22.8 Å². The summed E-state index contributed by atoms with van der Waals surface area (Å²) in [4.78, 5) is 22.1. The van der Waals surface area contributed by atoms with Crippen LogP contribution in [-0.2, 0) is 0 Å². The first-order valence-electron chi connectivity index (χ1n) is 7.14. The number of nitrogens with one attached hydrogen (secondary N) is 1. The highest BCUT2D eigenvalue weighted by atomic mass is 35.5. The quantitative estimate of drug-likeness (QED) is 0.481. The van der Waals surface area contributed by atoms with Crippen LogP contribution in [-0.4, -0.2) is 23.7 Å². The Morgan fingerprint density at radius 2 is 2.12 bits per heavy atom. The lowest BCUT2D eigenvalue weighted by molar-refractivity contribution is -0.398. The molecule has 130 valence electrons. The zero-order valence-corrected chi connectivity index (χ0v) is 13.8. The van der Waals surface area contributed by atoms with E-state index in [0.717, 1.165) is 6.07 Å². The number of benzene rings is 2. The molecular formula is C16H13ClN3O5-. The molecule has 0 saturated carbocycles. The summed E-state index contributed by atoms with van der Waals surface area (Å²) in [5.41, 5.74) is 2.09. The van der Waals surface area contributed by atoms with Gasteiger partial charge in [0.2, 0.25) is 0 Å². The van der Waals surface area contributed by atoms with Crippen molar-refractivity contribution in [1.82, 2.24) is 5.43 Å². The lowest BCUT2D eigenvalue weighted by atomic mass is 10.2. The van der Waals surface area contributed by atoms with Gasteiger partial charge in [-0.1, -0.05) is 23.7 Å². The molecule has 0 aliphatic rings. The van der Waals surface area contributed by atoms with E-state index in [0.29, 0.717) is 0 Å². The van der Waals surface area contributed by atoms with E-state index in [1.54, 1.807) is 25.1 Å². The number of amides is 1. The van der Waals surface area contributed by atoms with Gasteiger partial charge in [-0.3, -0.25) is 14.9 Å². The molecule has 2 aromatic carbocycles. The van der Waals surface area contributed by atoms with Crippen molar-refractivity contribution in [2.45, 2.75) is 6.92 Å². The Bertz CT molecular complexity index is 839. The first kappa shape index (κ1) is 18.2. The molecule has 2 rings (SSSR count). The van der Waals surface area contributed by atoms with Crippen LogP contribution >= 0.6 is 11.6 Å². The minimum Gasteiger partial charge on any atom is -0.865 e. The zero-order chi connectivity index (χ0) is 18.4. The molecule has 0 unspecified atom stereocenters. The fourth-order valence-electron chi connectivity index (χ4n) is 1.95. The highest BCUT2D eigenvalue weighted by molar-refractivity contribution is 6.33. The van der Waals surface area contributed by atoms with Gasteiger partial charge in [0, 0.05) is 17.4 Å². The second-order valence-electron chi connectivity index (χ2n) is 4.74. The van der Waals surface area contributed by atoms with E-state index >= 15 is 0 Å². The summed E-state index contributed by atoms with van der Waals surface area (Å²) < 4.78 is 5.10. The molecule has 0 atom stereocenters. The van der Waals surface area contributed by atoms with Gasteiger partial charge < -0.3 is 9.84 Å². The number of carbonyl (C=O) groups is 1. The molecule has 8 nitrogen and oxygen atoms in total. The molecule has 0 bridgehead atoms.